The Morgan fingerprint density at radius 1 is 0.792 bits per heavy atom. The molecule has 3 heteroatoms. The molecule has 0 aromatic heterocycles. The number of hydrogen-bond donors (Lipinski definition) is 1. The summed E-state index contributed by atoms with van der Waals surface area (Å²) in [6, 6.07) is 0. The summed E-state index contributed by atoms with van der Waals surface area (Å²) in [7, 11) is 0. The summed E-state index contributed by atoms with van der Waals surface area (Å²) in [5.41, 5.74) is 0. The highest BCUT2D eigenvalue weighted by Crippen LogP contribution is 2.20. The van der Waals surface area contributed by atoms with Gasteiger partial charge < -0.3 is 14.6 Å². The van der Waals surface area contributed by atoms with Crippen molar-refractivity contribution in [2.75, 3.05) is 19.8 Å². The molecule has 0 aromatic carbocycles. The minimum absolute atomic E-state index is 0.0656. The number of unbranched alkanes of at least 4 members (excludes halogenated alkanes) is 13. The van der Waals surface area contributed by atoms with Gasteiger partial charge in [-0.3, -0.25) is 0 Å². The molecule has 0 radical (unpaired) electrons. The maximum Gasteiger partial charge on any atom is 0.158 e. The van der Waals surface area contributed by atoms with Gasteiger partial charge in [0.25, 0.3) is 0 Å². The highest BCUT2D eigenvalue weighted by molar-refractivity contribution is 4.66. The molecule has 0 amide bonds. The Bertz CT molecular complexity index is 257. The fraction of sp³-hybridized carbons (Fsp3) is 1.00. The number of aliphatic hydroxyl groups is 1. The summed E-state index contributed by atoms with van der Waals surface area (Å²) in [6.45, 7) is 3.96. The van der Waals surface area contributed by atoms with Crippen molar-refractivity contribution in [3.05, 3.63) is 0 Å². The third-order valence-corrected chi connectivity index (χ3v) is 5.10. The van der Waals surface area contributed by atoms with E-state index >= 15 is 0 Å². The molecule has 0 aromatic rings. The van der Waals surface area contributed by atoms with Gasteiger partial charge in [-0.25, -0.2) is 0 Å². The van der Waals surface area contributed by atoms with E-state index in [1.54, 1.807) is 0 Å². The van der Waals surface area contributed by atoms with E-state index in [-0.39, 0.29) is 18.8 Å². The monoisotopic (exact) mass is 342 g/mol. The number of aliphatic hydroxyl groups excluding tert-OH is 1. The van der Waals surface area contributed by atoms with Crippen molar-refractivity contribution in [2.24, 2.45) is 5.92 Å². The van der Waals surface area contributed by atoms with E-state index in [9.17, 15) is 0 Å². The topological polar surface area (TPSA) is 38.7 Å². The van der Waals surface area contributed by atoms with E-state index in [2.05, 4.69) is 6.92 Å². The Morgan fingerprint density at radius 2 is 1.29 bits per heavy atom. The molecule has 1 N–H and O–H groups in total. The minimum atomic E-state index is -0.0656. The van der Waals surface area contributed by atoms with Crippen molar-refractivity contribution in [1.82, 2.24) is 0 Å². The van der Waals surface area contributed by atoms with Gasteiger partial charge in [0, 0.05) is 25.6 Å². The predicted octanol–water partition coefficient (Wildman–Crippen LogP) is 5.84. The van der Waals surface area contributed by atoms with Crippen LogP contribution in [0.15, 0.2) is 0 Å². The molecule has 2 atom stereocenters. The van der Waals surface area contributed by atoms with Crippen LogP contribution in [0.4, 0.5) is 0 Å². The Labute approximate surface area is 150 Å². The van der Waals surface area contributed by atoms with Crippen molar-refractivity contribution in [1.29, 1.82) is 0 Å². The van der Waals surface area contributed by atoms with Gasteiger partial charge >= 0.3 is 0 Å². The van der Waals surface area contributed by atoms with E-state index in [0.29, 0.717) is 6.61 Å². The highest BCUT2D eigenvalue weighted by atomic mass is 16.7. The van der Waals surface area contributed by atoms with Crippen LogP contribution in [0.2, 0.25) is 0 Å². The SMILES string of the molecule is CCCCCCCCCCCCCCCCO[C@@H]1C[C@@H](CO)CO1. The van der Waals surface area contributed by atoms with Crippen molar-refractivity contribution >= 4 is 0 Å². The molecule has 1 aliphatic rings. The Hall–Kier alpha value is -0.120. The van der Waals surface area contributed by atoms with Crippen LogP contribution in [0.5, 0.6) is 0 Å². The lowest BCUT2D eigenvalue weighted by Crippen LogP contribution is -2.12. The quantitative estimate of drug-likeness (QED) is 0.337. The lowest BCUT2D eigenvalue weighted by molar-refractivity contribution is -0.111. The van der Waals surface area contributed by atoms with Crippen LogP contribution in [0.3, 0.4) is 0 Å². The summed E-state index contributed by atoms with van der Waals surface area (Å²) in [5, 5.41) is 9.05. The van der Waals surface area contributed by atoms with Gasteiger partial charge in [0.1, 0.15) is 0 Å². The lowest BCUT2D eigenvalue weighted by Gasteiger charge is -2.10. The van der Waals surface area contributed by atoms with E-state index in [1.165, 1.54) is 83.5 Å². The summed E-state index contributed by atoms with van der Waals surface area (Å²) in [5.74, 6) is 0.284. The lowest BCUT2D eigenvalue weighted by atomic mass is 10.0. The Kier molecular flexibility index (Phi) is 14.9. The Morgan fingerprint density at radius 3 is 1.75 bits per heavy atom. The molecule has 0 spiro atoms. The smallest absolute Gasteiger partial charge is 0.158 e. The maximum atomic E-state index is 9.05. The first-order valence-corrected chi connectivity index (χ1v) is 10.7. The average molecular weight is 343 g/mol. The molecule has 144 valence electrons. The van der Waals surface area contributed by atoms with Crippen LogP contribution in [0, 0.1) is 5.92 Å². The normalized spacial score (nSPS) is 20.8. The fourth-order valence-electron chi connectivity index (χ4n) is 3.41. The van der Waals surface area contributed by atoms with E-state index < -0.39 is 0 Å². The molecule has 24 heavy (non-hydrogen) atoms. The molecule has 0 unspecified atom stereocenters. The average Bonchev–Trinajstić information content (AvgIpc) is 3.06. The highest BCUT2D eigenvalue weighted by Gasteiger charge is 2.24. The second-order valence-electron chi connectivity index (χ2n) is 7.51. The van der Waals surface area contributed by atoms with Crippen LogP contribution < -0.4 is 0 Å². The van der Waals surface area contributed by atoms with Crippen molar-refractivity contribution < 1.29 is 14.6 Å². The molecule has 3 nitrogen and oxygen atoms in total. The van der Waals surface area contributed by atoms with Crippen LogP contribution in [-0.2, 0) is 9.47 Å². The Balaban J connectivity index is 1.69. The van der Waals surface area contributed by atoms with Crippen molar-refractivity contribution in [3.63, 3.8) is 0 Å². The third-order valence-electron chi connectivity index (χ3n) is 5.10. The molecule has 1 heterocycles. The number of ether oxygens (including phenoxy) is 2. The van der Waals surface area contributed by atoms with E-state index in [0.717, 1.165) is 19.4 Å². The number of rotatable bonds is 17. The molecule has 0 aliphatic carbocycles. The zero-order chi connectivity index (χ0) is 17.3. The van der Waals surface area contributed by atoms with Gasteiger partial charge in [-0.1, -0.05) is 90.4 Å². The van der Waals surface area contributed by atoms with Gasteiger partial charge in [-0.2, -0.15) is 0 Å². The second kappa shape index (κ2) is 16.4. The number of hydrogen-bond acceptors (Lipinski definition) is 3. The van der Waals surface area contributed by atoms with Gasteiger partial charge in [0.05, 0.1) is 6.61 Å². The van der Waals surface area contributed by atoms with Crippen molar-refractivity contribution in [2.45, 2.75) is 110 Å². The van der Waals surface area contributed by atoms with Crippen LogP contribution >= 0.6 is 0 Å². The maximum absolute atomic E-state index is 9.05. The predicted molar refractivity (Wildman–Crippen MR) is 101 cm³/mol. The molecular weight excluding hydrogens is 300 g/mol. The second-order valence-corrected chi connectivity index (χ2v) is 7.51. The molecule has 1 fully saturated rings. The summed E-state index contributed by atoms with van der Waals surface area (Å²) in [6.07, 6.45) is 20.2. The molecule has 0 saturated carbocycles. The first-order chi connectivity index (χ1) is 11.9. The summed E-state index contributed by atoms with van der Waals surface area (Å²) >= 11 is 0. The van der Waals surface area contributed by atoms with Crippen LogP contribution in [0.25, 0.3) is 0 Å². The molecule has 1 saturated heterocycles. The van der Waals surface area contributed by atoms with Crippen LogP contribution in [-0.4, -0.2) is 31.2 Å². The van der Waals surface area contributed by atoms with E-state index in [4.69, 9.17) is 14.6 Å². The molecule has 0 bridgehead atoms. The standard InChI is InChI=1S/C21H42O3/c1-2-3-4-5-6-7-8-9-10-11-12-13-14-15-16-23-21-17-20(18-22)19-24-21/h20-22H,2-19H2,1H3/t20-,21-/m0/s1. The van der Waals surface area contributed by atoms with Crippen molar-refractivity contribution in [3.8, 4) is 0 Å². The summed E-state index contributed by atoms with van der Waals surface area (Å²) < 4.78 is 11.2. The fourth-order valence-corrected chi connectivity index (χ4v) is 3.41. The van der Waals surface area contributed by atoms with Gasteiger partial charge in [0.2, 0.25) is 0 Å². The largest absolute Gasteiger partial charge is 0.396 e. The third kappa shape index (κ3) is 12.3. The van der Waals surface area contributed by atoms with Crippen LogP contribution in [0.1, 0.15) is 103 Å². The first-order valence-electron chi connectivity index (χ1n) is 10.7. The zero-order valence-electron chi connectivity index (χ0n) is 16.1. The van der Waals surface area contributed by atoms with E-state index in [1.807, 2.05) is 0 Å². The molecular formula is C21H42O3. The first kappa shape index (κ1) is 21.9. The van der Waals surface area contributed by atoms with Gasteiger partial charge in [-0.05, 0) is 6.42 Å². The summed E-state index contributed by atoms with van der Waals surface area (Å²) in [4.78, 5) is 0. The van der Waals surface area contributed by atoms with Gasteiger partial charge in [-0.15, -0.1) is 0 Å². The van der Waals surface area contributed by atoms with Gasteiger partial charge in [0.15, 0.2) is 6.29 Å². The minimum Gasteiger partial charge on any atom is -0.396 e. The molecule has 1 rings (SSSR count). The zero-order valence-corrected chi connectivity index (χ0v) is 16.1. The molecule has 1 aliphatic heterocycles.